The summed E-state index contributed by atoms with van der Waals surface area (Å²) in [6.45, 7) is 26.6. The lowest BCUT2D eigenvalue weighted by molar-refractivity contribution is 0.289. The van der Waals surface area contributed by atoms with Gasteiger partial charge in [-0.1, -0.05) is 20.3 Å². The highest BCUT2D eigenvalue weighted by Crippen LogP contribution is 2.30. The molecule has 0 radical (unpaired) electrons. The molecule has 0 saturated carbocycles. The maximum Gasteiger partial charge on any atom is 0.317 e. The minimum atomic E-state index is -2.32. The van der Waals surface area contributed by atoms with Gasteiger partial charge in [-0.2, -0.15) is 0 Å². The standard InChI is InChI=1S/C15H42O4Si5/c1-13-15-24(12,18-22(9,10)16-20(3,4)5)19-23(11,14-2)17-21(6,7)8/h13-15H2,1-12H3. The van der Waals surface area contributed by atoms with E-state index in [0.717, 1.165) is 18.5 Å². The van der Waals surface area contributed by atoms with Crippen molar-refractivity contribution in [2.45, 2.75) is 97.8 Å². The normalized spacial score (nSPS) is 19.0. The van der Waals surface area contributed by atoms with Gasteiger partial charge in [-0.25, -0.2) is 0 Å². The highest BCUT2D eigenvalue weighted by Gasteiger charge is 2.47. The monoisotopic (exact) mass is 426 g/mol. The third kappa shape index (κ3) is 10.8. The number of rotatable bonds is 11. The summed E-state index contributed by atoms with van der Waals surface area (Å²) in [5, 5.41) is 0. The minimum Gasteiger partial charge on any atom is -0.437 e. The highest BCUT2D eigenvalue weighted by atomic mass is 28.5. The molecule has 2 unspecified atom stereocenters. The molecule has 0 aromatic heterocycles. The van der Waals surface area contributed by atoms with Crippen molar-refractivity contribution in [1.29, 1.82) is 0 Å². The van der Waals surface area contributed by atoms with Crippen molar-refractivity contribution in [2.75, 3.05) is 0 Å². The van der Waals surface area contributed by atoms with Crippen LogP contribution in [0, 0.1) is 0 Å². The number of hydrogen-bond acceptors (Lipinski definition) is 4. The average molecular weight is 427 g/mol. The van der Waals surface area contributed by atoms with Gasteiger partial charge < -0.3 is 16.5 Å². The summed E-state index contributed by atoms with van der Waals surface area (Å²) < 4.78 is 26.4. The van der Waals surface area contributed by atoms with Crippen molar-refractivity contribution in [1.82, 2.24) is 0 Å². The molecule has 0 rings (SSSR count). The molecule has 0 aromatic carbocycles. The van der Waals surface area contributed by atoms with Crippen LogP contribution in [-0.4, -0.2) is 42.3 Å². The maximum absolute atomic E-state index is 6.78. The van der Waals surface area contributed by atoms with Crippen molar-refractivity contribution in [3.63, 3.8) is 0 Å². The summed E-state index contributed by atoms with van der Waals surface area (Å²) in [7, 11) is -10.0. The van der Waals surface area contributed by atoms with E-state index >= 15 is 0 Å². The summed E-state index contributed by atoms with van der Waals surface area (Å²) in [6.07, 6.45) is 1.07. The fourth-order valence-electron chi connectivity index (χ4n) is 3.12. The Morgan fingerprint density at radius 3 is 1.33 bits per heavy atom. The van der Waals surface area contributed by atoms with Crippen LogP contribution in [-0.2, 0) is 16.5 Å². The van der Waals surface area contributed by atoms with Crippen molar-refractivity contribution in [3.05, 3.63) is 0 Å². The molecule has 4 nitrogen and oxygen atoms in total. The summed E-state index contributed by atoms with van der Waals surface area (Å²) in [5.74, 6) is 0. The molecule has 0 heterocycles. The van der Waals surface area contributed by atoms with Gasteiger partial charge in [0.15, 0.2) is 16.6 Å². The predicted octanol–water partition coefficient (Wildman–Crippen LogP) is 6.00. The van der Waals surface area contributed by atoms with Crippen LogP contribution in [0.4, 0.5) is 0 Å². The Morgan fingerprint density at radius 2 is 1.00 bits per heavy atom. The Hall–Kier alpha value is 0.924. The first-order valence-corrected chi connectivity index (χ1v) is 23.9. The van der Waals surface area contributed by atoms with Gasteiger partial charge in [-0.15, -0.1) is 0 Å². The minimum absolute atomic E-state index is 0.962. The van der Waals surface area contributed by atoms with Crippen LogP contribution in [0.5, 0.6) is 0 Å². The molecule has 146 valence electrons. The summed E-state index contributed by atoms with van der Waals surface area (Å²) in [4.78, 5) is 0. The van der Waals surface area contributed by atoms with Crippen molar-refractivity contribution < 1.29 is 16.5 Å². The van der Waals surface area contributed by atoms with E-state index < -0.39 is 42.3 Å². The van der Waals surface area contributed by atoms with Crippen LogP contribution in [0.2, 0.25) is 77.6 Å². The van der Waals surface area contributed by atoms with Gasteiger partial charge in [0.25, 0.3) is 0 Å². The van der Waals surface area contributed by atoms with Gasteiger partial charge in [0.2, 0.25) is 0 Å². The van der Waals surface area contributed by atoms with Crippen LogP contribution in [0.25, 0.3) is 0 Å². The summed E-state index contributed by atoms with van der Waals surface area (Å²) in [5.41, 5.74) is 0. The molecule has 0 amide bonds. The topological polar surface area (TPSA) is 36.9 Å². The van der Waals surface area contributed by atoms with Gasteiger partial charge in [-0.05, 0) is 77.6 Å². The highest BCUT2D eigenvalue weighted by molar-refractivity contribution is 6.90. The third-order valence-electron chi connectivity index (χ3n) is 3.31. The molecule has 0 aliphatic heterocycles. The largest absolute Gasteiger partial charge is 0.437 e. The van der Waals surface area contributed by atoms with Gasteiger partial charge in [0.05, 0.1) is 0 Å². The zero-order valence-electron chi connectivity index (χ0n) is 18.3. The van der Waals surface area contributed by atoms with Crippen molar-refractivity contribution >= 4 is 42.3 Å². The van der Waals surface area contributed by atoms with Crippen molar-refractivity contribution in [2.24, 2.45) is 0 Å². The molecule has 0 aliphatic rings. The molecule has 0 fully saturated rings. The first kappa shape index (κ1) is 24.9. The lowest BCUT2D eigenvalue weighted by Crippen LogP contribution is -2.60. The molecule has 0 bridgehead atoms. The van der Waals surface area contributed by atoms with Gasteiger partial charge in [-0.3, -0.25) is 0 Å². The Bertz CT molecular complexity index is 394. The van der Waals surface area contributed by atoms with E-state index in [-0.39, 0.29) is 0 Å². The second-order valence-electron chi connectivity index (χ2n) is 9.40. The Balaban J connectivity index is 5.35. The summed E-state index contributed by atoms with van der Waals surface area (Å²) in [6, 6.07) is 1.96. The van der Waals surface area contributed by atoms with E-state index in [2.05, 4.69) is 79.3 Å². The molecular formula is C15H42O4Si5. The predicted molar refractivity (Wildman–Crippen MR) is 117 cm³/mol. The van der Waals surface area contributed by atoms with Crippen molar-refractivity contribution in [3.8, 4) is 0 Å². The molecule has 0 spiro atoms. The Morgan fingerprint density at radius 1 is 0.542 bits per heavy atom. The molecule has 0 aliphatic carbocycles. The van der Waals surface area contributed by atoms with E-state index in [4.69, 9.17) is 16.5 Å². The zero-order valence-corrected chi connectivity index (χ0v) is 23.3. The third-order valence-corrected chi connectivity index (χ3v) is 21.7. The van der Waals surface area contributed by atoms with Gasteiger partial charge >= 0.3 is 25.7 Å². The van der Waals surface area contributed by atoms with Gasteiger partial charge in [0, 0.05) is 0 Å². The van der Waals surface area contributed by atoms with E-state index in [1.807, 2.05) is 0 Å². The molecular weight excluding hydrogens is 385 g/mol. The van der Waals surface area contributed by atoms with Crippen LogP contribution in [0.15, 0.2) is 0 Å². The molecule has 9 heteroatoms. The first-order valence-electron chi connectivity index (χ1n) is 9.25. The lowest BCUT2D eigenvalue weighted by Gasteiger charge is -2.43. The van der Waals surface area contributed by atoms with E-state index in [0.29, 0.717) is 0 Å². The van der Waals surface area contributed by atoms with E-state index in [1.165, 1.54) is 0 Å². The Kier molecular flexibility index (Phi) is 9.08. The first-order chi connectivity index (χ1) is 10.4. The summed E-state index contributed by atoms with van der Waals surface area (Å²) >= 11 is 0. The van der Waals surface area contributed by atoms with Crippen LogP contribution in [0.1, 0.15) is 20.3 Å². The van der Waals surface area contributed by atoms with Gasteiger partial charge in [0.1, 0.15) is 0 Å². The quantitative estimate of drug-likeness (QED) is 0.380. The molecule has 0 aromatic rings. The Labute approximate surface area is 156 Å². The smallest absolute Gasteiger partial charge is 0.317 e. The zero-order chi connectivity index (χ0) is 19.4. The SMILES string of the molecule is CCC[Si](C)(O[Si](C)(C)O[Si](C)(C)C)O[Si](C)(CC)O[Si](C)(C)C. The fourth-order valence-corrected chi connectivity index (χ4v) is 26.5. The maximum atomic E-state index is 6.78. The number of hydrogen-bond donors (Lipinski definition) is 0. The second kappa shape index (κ2) is 8.74. The molecule has 0 N–H and O–H groups in total. The van der Waals surface area contributed by atoms with Crippen LogP contribution >= 0.6 is 0 Å². The van der Waals surface area contributed by atoms with Crippen LogP contribution < -0.4 is 0 Å². The fraction of sp³-hybridized carbons (Fsp3) is 1.00. The van der Waals surface area contributed by atoms with Crippen LogP contribution in [0.3, 0.4) is 0 Å². The van der Waals surface area contributed by atoms with E-state index in [9.17, 15) is 0 Å². The van der Waals surface area contributed by atoms with E-state index in [1.54, 1.807) is 0 Å². The molecule has 24 heavy (non-hydrogen) atoms. The lowest BCUT2D eigenvalue weighted by atomic mass is 10.6. The molecule has 0 saturated heterocycles. The second-order valence-corrected chi connectivity index (χ2v) is 29.7. The average Bonchev–Trinajstić information content (AvgIpc) is 2.20. The molecule has 2 atom stereocenters.